The monoisotopic (exact) mass is 462 g/mol. The van der Waals surface area contributed by atoms with Crippen LogP contribution >= 0.6 is 0 Å². The predicted octanol–water partition coefficient (Wildman–Crippen LogP) is 3.89. The number of amides is 1. The zero-order valence-electron chi connectivity index (χ0n) is 17.0. The average molecular weight is 462 g/mol. The fourth-order valence-electron chi connectivity index (χ4n) is 2.66. The van der Waals surface area contributed by atoms with E-state index in [-0.39, 0.29) is 17.7 Å². The number of anilines is 1. The van der Waals surface area contributed by atoms with Crippen LogP contribution in [0.15, 0.2) is 48.5 Å². The number of sulfonamides is 1. The smallest absolute Gasteiger partial charge is 0.397 e. The minimum Gasteiger partial charge on any atom is -0.480 e. The maximum atomic E-state index is 13.2. The van der Waals surface area contributed by atoms with Gasteiger partial charge in [0.05, 0.1) is 11.7 Å². The molecule has 0 aliphatic rings. The van der Waals surface area contributed by atoms with E-state index in [4.69, 9.17) is 4.74 Å². The van der Waals surface area contributed by atoms with Gasteiger partial charge >= 0.3 is 6.18 Å². The Morgan fingerprint density at radius 1 is 1.03 bits per heavy atom. The van der Waals surface area contributed by atoms with Crippen LogP contribution in [-0.2, 0) is 26.7 Å². The Labute approximate surface area is 177 Å². The molecule has 0 heterocycles. The summed E-state index contributed by atoms with van der Waals surface area (Å²) >= 11 is 0. The highest BCUT2D eigenvalue weighted by atomic mass is 32.2. The van der Waals surface area contributed by atoms with Gasteiger partial charge in [-0.15, -0.1) is 4.48 Å². The summed E-state index contributed by atoms with van der Waals surface area (Å²) in [5.74, 6) is -0.983. The first-order valence-corrected chi connectivity index (χ1v) is 10.9. The summed E-state index contributed by atoms with van der Waals surface area (Å²) in [7, 11) is -3.45. The molecule has 0 saturated carbocycles. The Morgan fingerprint density at radius 3 is 2.03 bits per heavy atom. The number of carbonyl (C=O) groups is 1. The quantitative estimate of drug-likeness (QED) is 0.461. The summed E-state index contributed by atoms with van der Waals surface area (Å²) in [5, 5.41) is 0. The lowest BCUT2D eigenvalue weighted by Gasteiger charge is -2.28. The van der Waals surface area contributed by atoms with E-state index >= 15 is 0 Å². The number of nitrogens with one attached hydrogen (secondary N) is 2. The molecule has 0 bridgehead atoms. The Balaban J connectivity index is 2.16. The summed E-state index contributed by atoms with van der Waals surface area (Å²) < 4.78 is 82.6. The molecule has 2 aromatic rings. The second-order valence-electron chi connectivity index (χ2n) is 7.49. The number of alkyl halides is 3. The molecule has 0 radical (unpaired) electrons. The molecular weight excluding hydrogens is 440 g/mol. The van der Waals surface area contributed by atoms with Gasteiger partial charge in [-0.25, -0.2) is 8.42 Å². The van der Waals surface area contributed by atoms with Gasteiger partial charge in [0, 0.05) is 12.1 Å². The van der Waals surface area contributed by atoms with Crippen molar-refractivity contribution in [3.63, 3.8) is 0 Å². The Morgan fingerprint density at radius 2 is 1.58 bits per heavy atom. The van der Waals surface area contributed by atoms with Gasteiger partial charge in [-0.3, -0.25) is 9.52 Å². The third-order valence-electron chi connectivity index (χ3n) is 4.63. The molecule has 6 nitrogen and oxygen atoms in total. The van der Waals surface area contributed by atoms with E-state index < -0.39 is 33.6 Å². The highest BCUT2D eigenvalue weighted by Gasteiger charge is 2.48. The van der Waals surface area contributed by atoms with Crippen LogP contribution in [0.5, 0.6) is 5.75 Å². The SMILES string of the molecule is CC(C)(c1ccc(OC(Cc2ccc(NS(C)(=O)=O)cc2)C(=O)NF)cc1)C(F)(F)F. The van der Waals surface area contributed by atoms with Gasteiger partial charge < -0.3 is 4.74 Å². The van der Waals surface area contributed by atoms with E-state index in [1.54, 1.807) is 0 Å². The van der Waals surface area contributed by atoms with Crippen LogP contribution in [0.4, 0.5) is 23.3 Å². The van der Waals surface area contributed by atoms with Crippen molar-refractivity contribution in [2.24, 2.45) is 0 Å². The zero-order chi connectivity index (χ0) is 23.4. The molecule has 31 heavy (non-hydrogen) atoms. The lowest BCUT2D eigenvalue weighted by atomic mass is 9.84. The van der Waals surface area contributed by atoms with Gasteiger partial charge in [0.2, 0.25) is 10.0 Å². The van der Waals surface area contributed by atoms with Crippen LogP contribution < -0.4 is 15.0 Å². The lowest BCUT2D eigenvalue weighted by Crippen LogP contribution is -2.37. The van der Waals surface area contributed by atoms with Crippen LogP contribution in [-0.4, -0.2) is 32.9 Å². The van der Waals surface area contributed by atoms with Crippen molar-refractivity contribution >= 4 is 21.6 Å². The number of benzene rings is 2. The Bertz CT molecular complexity index is 1000. The highest BCUT2D eigenvalue weighted by Crippen LogP contribution is 2.40. The van der Waals surface area contributed by atoms with Crippen LogP contribution in [0.1, 0.15) is 25.0 Å². The van der Waals surface area contributed by atoms with Crippen molar-refractivity contribution in [3.8, 4) is 5.75 Å². The third-order valence-corrected chi connectivity index (χ3v) is 5.23. The van der Waals surface area contributed by atoms with E-state index in [1.807, 2.05) is 0 Å². The Hall–Kier alpha value is -2.82. The van der Waals surface area contributed by atoms with Crippen molar-refractivity contribution in [1.82, 2.24) is 5.54 Å². The standard InChI is InChI=1S/C20H22F4N2O4S/c1-19(2,20(21,22)23)14-6-10-16(11-7-14)30-17(18(27)25-24)12-13-4-8-15(9-5-13)26-31(3,28)29/h4-11,17,26H,12H2,1-3H3,(H,25,27). The maximum absolute atomic E-state index is 13.2. The second kappa shape index (κ2) is 9.13. The molecule has 2 rings (SSSR count). The molecule has 0 aliphatic carbocycles. The molecule has 2 N–H and O–H groups in total. The van der Waals surface area contributed by atoms with Crippen LogP contribution in [0.3, 0.4) is 0 Å². The number of rotatable bonds is 8. The average Bonchev–Trinajstić information content (AvgIpc) is 2.66. The molecule has 2 aromatic carbocycles. The summed E-state index contributed by atoms with van der Waals surface area (Å²) in [5.41, 5.74) is -0.223. The zero-order valence-corrected chi connectivity index (χ0v) is 17.8. The predicted molar refractivity (Wildman–Crippen MR) is 108 cm³/mol. The van der Waals surface area contributed by atoms with Crippen molar-refractivity contribution < 1.29 is 35.6 Å². The van der Waals surface area contributed by atoms with E-state index in [2.05, 4.69) is 4.72 Å². The van der Waals surface area contributed by atoms with Crippen molar-refractivity contribution in [2.75, 3.05) is 11.0 Å². The van der Waals surface area contributed by atoms with E-state index in [1.165, 1.54) is 48.5 Å². The summed E-state index contributed by atoms with van der Waals surface area (Å²) in [6.07, 6.45) is -4.83. The first kappa shape index (κ1) is 24.4. The highest BCUT2D eigenvalue weighted by molar-refractivity contribution is 7.92. The number of halogens is 4. The fourth-order valence-corrected chi connectivity index (χ4v) is 3.23. The minimum atomic E-state index is -4.45. The first-order valence-electron chi connectivity index (χ1n) is 9.04. The van der Waals surface area contributed by atoms with Gasteiger partial charge in [-0.1, -0.05) is 24.3 Å². The normalized spacial score (nSPS) is 13.4. The first-order chi connectivity index (χ1) is 14.2. The summed E-state index contributed by atoms with van der Waals surface area (Å²) in [6, 6.07) is 11.0. The molecule has 0 aromatic heterocycles. The minimum absolute atomic E-state index is 0.00723. The van der Waals surface area contributed by atoms with E-state index in [9.17, 15) is 30.9 Å². The maximum Gasteiger partial charge on any atom is 0.397 e. The molecule has 0 saturated heterocycles. The molecular formula is C20H22F4N2O4S. The van der Waals surface area contributed by atoms with Crippen molar-refractivity contribution in [1.29, 1.82) is 0 Å². The van der Waals surface area contributed by atoms with E-state index in [0.717, 1.165) is 25.6 Å². The lowest BCUT2D eigenvalue weighted by molar-refractivity contribution is -0.180. The van der Waals surface area contributed by atoms with Gasteiger partial charge in [0.15, 0.2) is 6.10 Å². The molecule has 1 atom stereocenters. The molecule has 170 valence electrons. The number of hydrogen-bond donors (Lipinski definition) is 2. The molecule has 0 aliphatic heterocycles. The van der Waals surface area contributed by atoms with Crippen LogP contribution in [0, 0.1) is 0 Å². The van der Waals surface area contributed by atoms with Crippen molar-refractivity contribution in [3.05, 3.63) is 59.7 Å². The van der Waals surface area contributed by atoms with Crippen LogP contribution in [0.2, 0.25) is 0 Å². The summed E-state index contributed by atoms with van der Waals surface area (Å²) in [6.45, 7) is 2.09. The molecule has 0 spiro atoms. The largest absolute Gasteiger partial charge is 0.480 e. The number of ether oxygens (including phenoxy) is 1. The van der Waals surface area contributed by atoms with Gasteiger partial charge in [0.25, 0.3) is 5.91 Å². The summed E-state index contributed by atoms with van der Waals surface area (Å²) in [4.78, 5) is 11.9. The number of carbonyl (C=O) groups excluding carboxylic acids is 1. The van der Waals surface area contributed by atoms with Gasteiger partial charge in [0.1, 0.15) is 5.75 Å². The number of hydrogen-bond acceptors (Lipinski definition) is 4. The topological polar surface area (TPSA) is 84.5 Å². The second-order valence-corrected chi connectivity index (χ2v) is 9.24. The third kappa shape index (κ3) is 6.58. The molecule has 1 amide bonds. The Kier molecular flexibility index (Phi) is 7.20. The molecule has 1 unspecified atom stereocenters. The van der Waals surface area contributed by atoms with Gasteiger partial charge in [-0.2, -0.15) is 18.7 Å². The molecule has 0 fully saturated rings. The molecule has 11 heteroatoms. The fraction of sp³-hybridized carbons (Fsp3) is 0.350. The van der Waals surface area contributed by atoms with E-state index in [0.29, 0.717) is 11.3 Å². The van der Waals surface area contributed by atoms with Gasteiger partial charge in [-0.05, 0) is 49.2 Å². The van der Waals surface area contributed by atoms with Crippen molar-refractivity contribution in [2.45, 2.75) is 38.0 Å². The van der Waals surface area contributed by atoms with Crippen LogP contribution in [0.25, 0.3) is 0 Å².